The summed E-state index contributed by atoms with van der Waals surface area (Å²) in [5.74, 6) is 0.419. The van der Waals surface area contributed by atoms with E-state index in [9.17, 15) is 8.78 Å². The maximum Gasteiger partial charge on any atom is 0.149 e. The number of nitrogens with zero attached hydrogens (tertiary/aromatic N) is 1. The van der Waals surface area contributed by atoms with Crippen molar-refractivity contribution in [2.75, 3.05) is 25.0 Å². The van der Waals surface area contributed by atoms with Gasteiger partial charge in [0.1, 0.15) is 17.3 Å². The van der Waals surface area contributed by atoms with E-state index in [-0.39, 0.29) is 5.69 Å². The largest absolute Gasteiger partial charge is 0.366 e. The highest BCUT2D eigenvalue weighted by Crippen LogP contribution is 2.37. The van der Waals surface area contributed by atoms with Crippen molar-refractivity contribution >= 4 is 5.69 Å². The van der Waals surface area contributed by atoms with Crippen LogP contribution in [0, 0.1) is 23.5 Å². The Hall–Kier alpha value is -1.16. The molecule has 1 N–H and O–H groups in total. The monoisotopic (exact) mass is 280 g/mol. The fraction of sp³-hybridized carbons (Fsp3) is 0.625. The van der Waals surface area contributed by atoms with Gasteiger partial charge < -0.3 is 10.2 Å². The predicted molar refractivity (Wildman–Crippen MR) is 76.8 cm³/mol. The topological polar surface area (TPSA) is 15.3 Å². The van der Waals surface area contributed by atoms with Crippen LogP contribution in [0.15, 0.2) is 12.1 Å². The average Bonchev–Trinajstić information content (AvgIpc) is 3.24. The summed E-state index contributed by atoms with van der Waals surface area (Å²) < 4.78 is 28.6. The van der Waals surface area contributed by atoms with Crippen molar-refractivity contribution in [2.45, 2.75) is 32.2 Å². The van der Waals surface area contributed by atoms with E-state index in [1.807, 2.05) is 4.90 Å². The quantitative estimate of drug-likeness (QED) is 0.824. The van der Waals surface area contributed by atoms with E-state index in [4.69, 9.17) is 0 Å². The summed E-state index contributed by atoms with van der Waals surface area (Å²) in [6.07, 6.45) is 4.79. The van der Waals surface area contributed by atoms with Gasteiger partial charge in [0, 0.05) is 19.6 Å². The fourth-order valence-corrected chi connectivity index (χ4v) is 2.71. The molecule has 2 saturated carbocycles. The molecule has 1 aromatic carbocycles. The highest BCUT2D eigenvalue weighted by atomic mass is 19.1. The Kier molecular flexibility index (Phi) is 3.92. The molecule has 20 heavy (non-hydrogen) atoms. The molecule has 0 saturated heterocycles. The molecule has 4 heteroatoms. The Bertz CT molecular complexity index is 444. The first kappa shape index (κ1) is 13.8. The molecule has 0 spiro atoms. The average molecular weight is 280 g/mol. The Morgan fingerprint density at radius 2 is 1.55 bits per heavy atom. The number of rotatable bonds is 7. The first-order chi connectivity index (χ1) is 9.67. The Morgan fingerprint density at radius 1 is 1.05 bits per heavy atom. The van der Waals surface area contributed by atoms with Gasteiger partial charge in [-0.1, -0.05) is 0 Å². The number of anilines is 1. The minimum absolute atomic E-state index is 0.184. The molecule has 110 valence electrons. The molecular formula is C16H22F2N2. The van der Waals surface area contributed by atoms with Crippen LogP contribution < -0.4 is 10.2 Å². The van der Waals surface area contributed by atoms with Crippen molar-refractivity contribution in [2.24, 2.45) is 11.8 Å². The Labute approximate surface area is 119 Å². The molecule has 2 aliphatic rings. The molecule has 0 unspecified atom stereocenters. The van der Waals surface area contributed by atoms with E-state index in [1.54, 1.807) is 7.05 Å². The Morgan fingerprint density at radius 3 is 1.95 bits per heavy atom. The van der Waals surface area contributed by atoms with E-state index < -0.39 is 11.6 Å². The van der Waals surface area contributed by atoms with Crippen LogP contribution in [0.2, 0.25) is 0 Å². The van der Waals surface area contributed by atoms with Gasteiger partial charge in [0.25, 0.3) is 0 Å². The van der Waals surface area contributed by atoms with Gasteiger partial charge in [-0.3, -0.25) is 0 Å². The van der Waals surface area contributed by atoms with Crippen LogP contribution in [-0.4, -0.2) is 20.1 Å². The van der Waals surface area contributed by atoms with Crippen LogP contribution in [0.3, 0.4) is 0 Å². The molecule has 2 aliphatic carbocycles. The molecule has 3 rings (SSSR count). The van der Waals surface area contributed by atoms with Crippen molar-refractivity contribution in [3.05, 3.63) is 29.3 Å². The number of nitrogens with one attached hydrogen (secondary N) is 1. The van der Waals surface area contributed by atoms with E-state index in [0.29, 0.717) is 23.9 Å². The second-order valence-corrected chi connectivity index (χ2v) is 6.23. The third-order valence-electron chi connectivity index (χ3n) is 4.12. The van der Waals surface area contributed by atoms with Gasteiger partial charge in [0.2, 0.25) is 0 Å². The molecule has 0 atom stereocenters. The maximum atomic E-state index is 14.3. The fourth-order valence-electron chi connectivity index (χ4n) is 2.71. The predicted octanol–water partition coefficient (Wildman–Crippen LogP) is 3.31. The Balaban J connectivity index is 1.83. The van der Waals surface area contributed by atoms with E-state index in [2.05, 4.69) is 5.32 Å². The molecule has 0 heterocycles. The summed E-state index contributed by atoms with van der Waals surface area (Å²) in [4.78, 5) is 1.95. The lowest BCUT2D eigenvalue weighted by atomic mass is 10.1. The van der Waals surface area contributed by atoms with Gasteiger partial charge in [-0.05, 0) is 62.3 Å². The lowest BCUT2D eigenvalue weighted by molar-refractivity contribution is 0.555. The van der Waals surface area contributed by atoms with Crippen LogP contribution in [-0.2, 0) is 6.54 Å². The zero-order valence-corrected chi connectivity index (χ0v) is 12.0. The lowest BCUT2D eigenvalue weighted by Gasteiger charge is -2.26. The van der Waals surface area contributed by atoms with Crippen LogP contribution in [0.25, 0.3) is 0 Å². The van der Waals surface area contributed by atoms with Gasteiger partial charge in [0.05, 0.1) is 0 Å². The van der Waals surface area contributed by atoms with Crippen molar-refractivity contribution in [3.8, 4) is 0 Å². The summed E-state index contributed by atoms with van der Waals surface area (Å²) in [6.45, 7) is 2.09. The van der Waals surface area contributed by atoms with Gasteiger partial charge in [0.15, 0.2) is 0 Å². The summed E-state index contributed by atoms with van der Waals surface area (Å²) in [6, 6.07) is 2.92. The third-order valence-corrected chi connectivity index (χ3v) is 4.12. The highest BCUT2D eigenvalue weighted by Gasteiger charge is 2.31. The first-order valence-corrected chi connectivity index (χ1v) is 7.55. The van der Waals surface area contributed by atoms with Gasteiger partial charge in [-0.25, -0.2) is 8.78 Å². The summed E-state index contributed by atoms with van der Waals surface area (Å²) in [5, 5.41) is 2.92. The van der Waals surface area contributed by atoms with Crippen molar-refractivity contribution in [1.29, 1.82) is 0 Å². The third kappa shape index (κ3) is 3.29. The van der Waals surface area contributed by atoms with Crippen LogP contribution >= 0.6 is 0 Å². The molecule has 2 nitrogen and oxygen atoms in total. The molecule has 1 aromatic rings. The molecule has 2 fully saturated rings. The minimum Gasteiger partial charge on any atom is -0.366 e. The number of benzene rings is 1. The lowest BCUT2D eigenvalue weighted by Crippen LogP contribution is -2.30. The van der Waals surface area contributed by atoms with Crippen molar-refractivity contribution in [3.63, 3.8) is 0 Å². The second kappa shape index (κ2) is 5.68. The van der Waals surface area contributed by atoms with Crippen LogP contribution in [0.5, 0.6) is 0 Å². The van der Waals surface area contributed by atoms with Gasteiger partial charge in [-0.15, -0.1) is 0 Å². The normalized spacial score (nSPS) is 18.4. The van der Waals surface area contributed by atoms with Crippen molar-refractivity contribution in [1.82, 2.24) is 5.32 Å². The standard InChI is InChI=1S/C16H22F2N2/c1-19-8-13-6-14(17)16(15(18)7-13)20(9-11-2-3-11)10-12-4-5-12/h6-7,11-12,19H,2-5,8-10H2,1H3. The number of hydrogen-bond donors (Lipinski definition) is 1. The minimum atomic E-state index is -0.420. The molecule has 0 aliphatic heterocycles. The van der Waals surface area contributed by atoms with E-state index in [0.717, 1.165) is 13.1 Å². The summed E-state index contributed by atoms with van der Waals surface area (Å²) in [7, 11) is 1.77. The van der Waals surface area contributed by atoms with Crippen LogP contribution in [0.1, 0.15) is 31.2 Å². The zero-order chi connectivity index (χ0) is 14.1. The van der Waals surface area contributed by atoms with E-state index >= 15 is 0 Å². The summed E-state index contributed by atoms with van der Waals surface area (Å²) >= 11 is 0. The van der Waals surface area contributed by atoms with Gasteiger partial charge in [-0.2, -0.15) is 0 Å². The molecular weight excluding hydrogens is 258 g/mol. The van der Waals surface area contributed by atoms with Gasteiger partial charge >= 0.3 is 0 Å². The number of halogens is 2. The van der Waals surface area contributed by atoms with Crippen molar-refractivity contribution < 1.29 is 8.78 Å². The molecule has 0 radical (unpaired) electrons. The molecule has 0 amide bonds. The number of hydrogen-bond acceptors (Lipinski definition) is 2. The molecule has 0 aromatic heterocycles. The van der Waals surface area contributed by atoms with E-state index in [1.165, 1.54) is 37.8 Å². The smallest absolute Gasteiger partial charge is 0.149 e. The summed E-state index contributed by atoms with van der Waals surface area (Å²) in [5.41, 5.74) is 0.840. The first-order valence-electron chi connectivity index (χ1n) is 7.55. The molecule has 0 bridgehead atoms. The maximum absolute atomic E-state index is 14.3. The second-order valence-electron chi connectivity index (χ2n) is 6.23. The van der Waals surface area contributed by atoms with Crippen LogP contribution in [0.4, 0.5) is 14.5 Å². The highest BCUT2D eigenvalue weighted by molar-refractivity contribution is 5.51. The SMILES string of the molecule is CNCc1cc(F)c(N(CC2CC2)CC2CC2)c(F)c1. The zero-order valence-electron chi connectivity index (χ0n) is 12.0.